The molecular weight excluding hydrogens is 128 g/mol. The van der Waals surface area contributed by atoms with Crippen molar-refractivity contribution in [3.8, 4) is 0 Å². The second-order valence-corrected chi connectivity index (χ2v) is 2.82. The highest BCUT2D eigenvalue weighted by Crippen LogP contribution is 2.11. The molecule has 0 aromatic carbocycles. The van der Waals surface area contributed by atoms with Gasteiger partial charge < -0.3 is 10.2 Å². The van der Waals surface area contributed by atoms with Gasteiger partial charge in [0.25, 0.3) is 0 Å². The molecule has 2 N–H and O–H groups in total. The van der Waals surface area contributed by atoms with Crippen LogP contribution in [-0.2, 0) is 0 Å². The summed E-state index contributed by atoms with van der Waals surface area (Å²) < 4.78 is 0. The number of hydrogen-bond donors (Lipinski definition) is 2. The summed E-state index contributed by atoms with van der Waals surface area (Å²) in [5, 5.41) is 17.5. The van der Waals surface area contributed by atoms with Crippen molar-refractivity contribution in [2.75, 3.05) is 6.61 Å². The van der Waals surface area contributed by atoms with Gasteiger partial charge in [0.2, 0.25) is 0 Å². The van der Waals surface area contributed by atoms with E-state index in [1.54, 1.807) is 0 Å². The summed E-state index contributed by atoms with van der Waals surface area (Å²) in [6.45, 7) is 5.65. The van der Waals surface area contributed by atoms with Gasteiger partial charge in [-0.1, -0.05) is 26.7 Å². The molecule has 0 bridgehead atoms. The Hall–Kier alpha value is -0.0800. The maximum atomic E-state index is 8.98. The van der Waals surface area contributed by atoms with Crippen LogP contribution >= 0.6 is 0 Å². The van der Waals surface area contributed by atoms with Gasteiger partial charge in [0.05, 0.1) is 12.7 Å². The molecule has 0 rings (SSSR count). The quantitative estimate of drug-likeness (QED) is 0.605. The molecule has 0 spiro atoms. The van der Waals surface area contributed by atoms with Gasteiger partial charge in [-0.25, -0.2) is 0 Å². The smallest absolute Gasteiger partial charge is 0.0773 e. The Morgan fingerprint density at radius 3 is 2.50 bits per heavy atom. The molecule has 0 saturated carbocycles. The molecule has 0 aromatic rings. The monoisotopic (exact) mass is 145 g/mol. The Morgan fingerprint density at radius 2 is 2.10 bits per heavy atom. The van der Waals surface area contributed by atoms with E-state index in [2.05, 4.69) is 13.8 Å². The second kappa shape index (κ2) is 5.69. The van der Waals surface area contributed by atoms with E-state index in [0.717, 1.165) is 12.8 Å². The number of hydrogen-bond acceptors (Lipinski definition) is 2. The van der Waals surface area contributed by atoms with Gasteiger partial charge in [0.1, 0.15) is 0 Å². The highest BCUT2D eigenvalue weighted by molar-refractivity contribution is 4.60. The molecule has 0 aliphatic carbocycles. The van der Waals surface area contributed by atoms with Crippen molar-refractivity contribution in [2.45, 2.75) is 32.3 Å². The van der Waals surface area contributed by atoms with Crippen LogP contribution in [0.4, 0.5) is 0 Å². The van der Waals surface area contributed by atoms with Crippen LogP contribution in [0.1, 0.15) is 26.2 Å². The Bertz CT molecular complexity index is 73.7. The van der Waals surface area contributed by atoms with Crippen LogP contribution in [0.25, 0.3) is 0 Å². The van der Waals surface area contributed by atoms with E-state index >= 15 is 0 Å². The van der Waals surface area contributed by atoms with Crippen molar-refractivity contribution in [1.82, 2.24) is 0 Å². The summed E-state index contributed by atoms with van der Waals surface area (Å²) in [6.07, 6.45) is 2.07. The van der Waals surface area contributed by atoms with Crippen molar-refractivity contribution >= 4 is 0 Å². The largest absolute Gasteiger partial charge is 0.394 e. The van der Waals surface area contributed by atoms with Crippen LogP contribution < -0.4 is 0 Å². The normalized spacial score (nSPS) is 16.8. The molecule has 2 unspecified atom stereocenters. The number of aliphatic hydroxyl groups is 2. The van der Waals surface area contributed by atoms with Gasteiger partial charge in [0, 0.05) is 0 Å². The Kier molecular flexibility index (Phi) is 5.64. The van der Waals surface area contributed by atoms with Gasteiger partial charge in [-0.05, 0) is 12.3 Å². The van der Waals surface area contributed by atoms with Crippen LogP contribution in [0.15, 0.2) is 0 Å². The zero-order valence-electron chi connectivity index (χ0n) is 6.58. The number of aliphatic hydroxyl groups excluding tert-OH is 2. The van der Waals surface area contributed by atoms with Gasteiger partial charge in [-0.15, -0.1) is 0 Å². The molecule has 2 atom stereocenters. The van der Waals surface area contributed by atoms with Gasteiger partial charge in [0.15, 0.2) is 0 Å². The SMILES string of the molecule is [CH2]CCC(C)CC(O)CO. The van der Waals surface area contributed by atoms with Crippen LogP contribution in [0.3, 0.4) is 0 Å². The molecule has 61 valence electrons. The fourth-order valence-electron chi connectivity index (χ4n) is 1.01. The van der Waals surface area contributed by atoms with E-state index in [1.807, 2.05) is 0 Å². The molecule has 0 aromatic heterocycles. The minimum Gasteiger partial charge on any atom is -0.394 e. The predicted octanol–water partition coefficient (Wildman–Crippen LogP) is 0.980. The predicted molar refractivity (Wildman–Crippen MR) is 41.5 cm³/mol. The lowest BCUT2D eigenvalue weighted by Crippen LogP contribution is -2.15. The minimum atomic E-state index is -0.540. The van der Waals surface area contributed by atoms with Crippen molar-refractivity contribution in [2.24, 2.45) is 5.92 Å². The van der Waals surface area contributed by atoms with E-state index in [0.29, 0.717) is 12.3 Å². The van der Waals surface area contributed by atoms with Gasteiger partial charge >= 0.3 is 0 Å². The second-order valence-electron chi connectivity index (χ2n) is 2.82. The molecule has 10 heavy (non-hydrogen) atoms. The maximum Gasteiger partial charge on any atom is 0.0773 e. The first kappa shape index (κ1) is 9.92. The molecule has 0 amide bonds. The Labute approximate surface area is 62.9 Å². The highest BCUT2D eigenvalue weighted by Gasteiger charge is 2.07. The Morgan fingerprint density at radius 1 is 1.50 bits per heavy atom. The summed E-state index contributed by atoms with van der Waals surface area (Å²) in [5.74, 6) is 0.472. The van der Waals surface area contributed by atoms with E-state index in [9.17, 15) is 0 Å². The van der Waals surface area contributed by atoms with Crippen LogP contribution in [0, 0.1) is 12.8 Å². The molecule has 0 saturated heterocycles. The third-order valence-corrected chi connectivity index (χ3v) is 1.58. The van der Waals surface area contributed by atoms with E-state index < -0.39 is 6.10 Å². The lowest BCUT2D eigenvalue weighted by molar-refractivity contribution is 0.0752. The molecule has 0 aliphatic heterocycles. The maximum absolute atomic E-state index is 8.98. The average molecular weight is 145 g/mol. The number of rotatable bonds is 5. The minimum absolute atomic E-state index is 0.124. The van der Waals surface area contributed by atoms with Crippen molar-refractivity contribution < 1.29 is 10.2 Å². The molecular formula is C8H17O2. The fourth-order valence-corrected chi connectivity index (χ4v) is 1.01. The van der Waals surface area contributed by atoms with E-state index in [1.165, 1.54) is 0 Å². The summed E-state index contributed by atoms with van der Waals surface area (Å²) >= 11 is 0. The van der Waals surface area contributed by atoms with Gasteiger partial charge in [-0.2, -0.15) is 0 Å². The molecule has 0 heterocycles. The first-order chi connectivity index (χ1) is 4.70. The zero-order chi connectivity index (χ0) is 7.98. The first-order valence-electron chi connectivity index (χ1n) is 3.78. The molecule has 0 aliphatic rings. The van der Waals surface area contributed by atoms with Crippen LogP contribution in [0.5, 0.6) is 0 Å². The molecule has 2 nitrogen and oxygen atoms in total. The summed E-state index contributed by atoms with van der Waals surface area (Å²) in [5.41, 5.74) is 0. The summed E-state index contributed by atoms with van der Waals surface area (Å²) in [4.78, 5) is 0. The summed E-state index contributed by atoms with van der Waals surface area (Å²) in [7, 11) is 0. The van der Waals surface area contributed by atoms with Crippen molar-refractivity contribution in [3.63, 3.8) is 0 Å². The topological polar surface area (TPSA) is 40.5 Å². The van der Waals surface area contributed by atoms with E-state index in [-0.39, 0.29) is 6.61 Å². The van der Waals surface area contributed by atoms with Crippen molar-refractivity contribution in [1.29, 1.82) is 0 Å². The van der Waals surface area contributed by atoms with Gasteiger partial charge in [-0.3, -0.25) is 0 Å². The molecule has 1 radical (unpaired) electrons. The van der Waals surface area contributed by atoms with Crippen molar-refractivity contribution in [3.05, 3.63) is 6.92 Å². The average Bonchev–Trinajstić information content (AvgIpc) is 1.88. The first-order valence-corrected chi connectivity index (χ1v) is 3.78. The lowest BCUT2D eigenvalue weighted by atomic mass is 9.99. The summed E-state index contributed by atoms with van der Waals surface area (Å²) in [6, 6.07) is 0. The third kappa shape index (κ3) is 4.77. The standard InChI is InChI=1S/C8H17O2/c1-3-4-7(2)5-8(10)6-9/h7-10H,1,3-6H2,2H3. The van der Waals surface area contributed by atoms with Crippen LogP contribution in [-0.4, -0.2) is 22.9 Å². The fraction of sp³-hybridized carbons (Fsp3) is 0.875. The highest BCUT2D eigenvalue weighted by atomic mass is 16.3. The molecule has 2 heteroatoms. The molecule has 0 fully saturated rings. The lowest BCUT2D eigenvalue weighted by Gasteiger charge is -2.12. The van der Waals surface area contributed by atoms with Crippen LogP contribution in [0.2, 0.25) is 0 Å². The zero-order valence-corrected chi connectivity index (χ0v) is 6.58. The van der Waals surface area contributed by atoms with E-state index in [4.69, 9.17) is 10.2 Å². The third-order valence-electron chi connectivity index (χ3n) is 1.58. The Balaban J connectivity index is 3.27.